The summed E-state index contributed by atoms with van der Waals surface area (Å²) in [5.41, 5.74) is 1.53. The van der Waals surface area contributed by atoms with Gasteiger partial charge in [0.25, 0.3) is 0 Å². The second-order valence-corrected chi connectivity index (χ2v) is 6.19. The molecule has 1 amide bonds. The number of ether oxygens (including phenoxy) is 1. The molecule has 114 valence electrons. The van der Waals surface area contributed by atoms with Crippen molar-refractivity contribution in [3.63, 3.8) is 0 Å². The molecule has 0 bridgehead atoms. The lowest BCUT2D eigenvalue weighted by atomic mass is 9.96. The normalized spacial score (nSPS) is 22.5. The molecular weight excluding hydrogens is 264 g/mol. The molecule has 1 N–H and O–H groups in total. The Morgan fingerprint density at radius 2 is 1.95 bits per heavy atom. The summed E-state index contributed by atoms with van der Waals surface area (Å²) in [6, 6.07) is 10.5. The van der Waals surface area contributed by atoms with Crippen LogP contribution in [0.25, 0.3) is 0 Å². The van der Waals surface area contributed by atoms with Gasteiger partial charge in [0.15, 0.2) is 0 Å². The molecule has 1 saturated heterocycles. The smallest absolute Gasteiger partial charge is 0.237 e. The standard InChI is InChI=1S/C17H24N2O2/c1-14(19-9-11-21-12-10-19)16(20)18-13-17(7-8-17)15-5-3-2-4-6-15/h2-6,14H,7-13H2,1H3,(H,18,20). The number of benzene rings is 1. The van der Waals surface area contributed by atoms with Crippen LogP contribution in [0, 0.1) is 0 Å². The van der Waals surface area contributed by atoms with E-state index in [2.05, 4.69) is 34.5 Å². The van der Waals surface area contributed by atoms with Gasteiger partial charge >= 0.3 is 0 Å². The maximum Gasteiger partial charge on any atom is 0.237 e. The van der Waals surface area contributed by atoms with E-state index in [1.807, 2.05) is 13.0 Å². The zero-order chi connectivity index (χ0) is 14.7. The third-order valence-electron chi connectivity index (χ3n) is 4.81. The van der Waals surface area contributed by atoms with Crippen LogP contribution in [0.3, 0.4) is 0 Å². The monoisotopic (exact) mass is 288 g/mol. The minimum Gasteiger partial charge on any atom is -0.379 e. The van der Waals surface area contributed by atoms with Gasteiger partial charge in [-0.15, -0.1) is 0 Å². The van der Waals surface area contributed by atoms with Crippen molar-refractivity contribution in [2.75, 3.05) is 32.8 Å². The Hall–Kier alpha value is -1.39. The van der Waals surface area contributed by atoms with Gasteiger partial charge in [-0.25, -0.2) is 0 Å². The van der Waals surface area contributed by atoms with Crippen molar-refractivity contribution in [1.82, 2.24) is 10.2 Å². The number of carbonyl (C=O) groups is 1. The molecule has 1 aliphatic heterocycles. The van der Waals surface area contributed by atoms with E-state index in [1.165, 1.54) is 18.4 Å². The first-order valence-electron chi connectivity index (χ1n) is 7.86. The molecule has 3 rings (SSSR count). The fourth-order valence-corrected chi connectivity index (χ4v) is 3.04. The minimum atomic E-state index is -0.0690. The molecule has 1 saturated carbocycles. The van der Waals surface area contributed by atoms with Crippen LogP contribution in [0.1, 0.15) is 25.3 Å². The van der Waals surface area contributed by atoms with Gasteiger partial charge < -0.3 is 10.1 Å². The highest BCUT2D eigenvalue weighted by molar-refractivity contribution is 5.81. The van der Waals surface area contributed by atoms with E-state index >= 15 is 0 Å². The second-order valence-electron chi connectivity index (χ2n) is 6.19. The fourth-order valence-electron chi connectivity index (χ4n) is 3.04. The van der Waals surface area contributed by atoms with Crippen molar-refractivity contribution in [2.45, 2.75) is 31.2 Å². The van der Waals surface area contributed by atoms with Crippen molar-refractivity contribution >= 4 is 5.91 Å². The first-order chi connectivity index (χ1) is 10.2. The predicted molar refractivity (Wildman–Crippen MR) is 82.2 cm³/mol. The molecule has 2 aliphatic rings. The van der Waals surface area contributed by atoms with Crippen LogP contribution < -0.4 is 5.32 Å². The molecule has 1 aromatic carbocycles. The van der Waals surface area contributed by atoms with Gasteiger partial charge in [0, 0.05) is 25.0 Å². The fraction of sp³-hybridized carbons (Fsp3) is 0.588. The maximum absolute atomic E-state index is 12.4. The molecule has 4 heteroatoms. The van der Waals surface area contributed by atoms with Crippen LogP contribution in [-0.4, -0.2) is 49.7 Å². The van der Waals surface area contributed by atoms with Gasteiger partial charge in [0.2, 0.25) is 5.91 Å². The third kappa shape index (κ3) is 3.27. The summed E-state index contributed by atoms with van der Waals surface area (Å²) in [4.78, 5) is 14.5. The average Bonchev–Trinajstić information content (AvgIpc) is 3.35. The topological polar surface area (TPSA) is 41.6 Å². The van der Waals surface area contributed by atoms with E-state index in [-0.39, 0.29) is 17.4 Å². The number of carbonyl (C=O) groups excluding carboxylic acids is 1. The molecule has 0 radical (unpaired) electrons. The average molecular weight is 288 g/mol. The van der Waals surface area contributed by atoms with E-state index in [4.69, 9.17) is 4.74 Å². The van der Waals surface area contributed by atoms with E-state index in [0.29, 0.717) is 0 Å². The molecule has 1 unspecified atom stereocenters. The summed E-state index contributed by atoms with van der Waals surface area (Å²) in [7, 11) is 0. The first kappa shape index (κ1) is 14.5. The Kier molecular flexibility index (Phi) is 4.27. The van der Waals surface area contributed by atoms with E-state index in [0.717, 1.165) is 32.8 Å². The lowest BCUT2D eigenvalue weighted by Crippen LogP contribution is -2.50. The first-order valence-corrected chi connectivity index (χ1v) is 7.86. The van der Waals surface area contributed by atoms with Crippen molar-refractivity contribution in [3.05, 3.63) is 35.9 Å². The van der Waals surface area contributed by atoms with Crippen LogP contribution in [-0.2, 0) is 14.9 Å². The highest BCUT2D eigenvalue weighted by Crippen LogP contribution is 2.47. The molecule has 0 spiro atoms. The number of rotatable bonds is 5. The van der Waals surface area contributed by atoms with Gasteiger partial charge in [-0.1, -0.05) is 30.3 Å². The molecule has 0 aromatic heterocycles. The molecule has 1 heterocycles. The molecular formula is C17H24N2O2. The Morgan fingerprint density at radius 1 is 1.29 bits per heavy atom. The van der Waals surface area contributed by atoms with Crippen LogP contribution in [0.15, 0.2) is 30.3 Å². The Bertz CT molecular complexity index is 479. The van der Waals surface area contributed by atoms with Crippen molar-refractivity contribution < 1.29 is 9.53 Å². The van der Waals surface area contributed by atoms with E-state index in [1.54, 1.807) is 0 Å². The lowest BCUT2D eigenvalue weighted by Gasteiger charge is -2.31. The summed E-state index contributed by atoms with van der Waals surface area (Å²) >= 11 is 0. The molecule has 21 heavy (non-hydrogen) atoms. The quantitative estimate of drug-likeness (QED) is 0.894. The number of amides is 1. The zero-order valence-electron chi connectivity index (χ0n) is 12.7. The van der Waals surface area contributed by atoms with E-state index < -0.39 is 0 Å². The van der Waals surface area contributed by atoms with Crippen molar-refractivity contribution in [1.29, 1.82) is 0 Å². The van der Waals surface area contributed by atoms with Gasteiger partial charge in [-0.05, 0) is 25.3 Å². The molecule has 1 aliphatic carbocycles. The largest absolute Gasteiger partial charge is 0.379 e. The summed E-state index contributed by atoms with van der Waals surface area (Å²) in [6.07, 6.45) is 2.34. The number of morpholine rings is 1. The van der Waals surface area contributed by atoms with Crippen molar-refractivity contribution in [3.8, 4) is 0 Å². The van der Waals surface area contributed by atoms with Crippen LogP contribution in [0.4, 0.5) is 0 Å². The summed E-state index contributed by atoms with van der Waals surface area (Å²) in [5.74, 6) is 0.138. The van der Waals surface area contributed by atoms with Crippen LogP contribution >= 0.6 is 0 Å². The zero-order valence-corrected chi connectivity index (χ0v) is 12.7. The summed E-state index contributed by atoms with van der Waals surface area (Å²) in [5, 5.41) is 3.16. The highest BCUT2D eigenvalue weighted by atomic mass is 16.5. The number of nitrogens with one attached hydrogen (secondary N) is 1. The highest BCUT2D eigenvalue weighted by Gasteiger charge is 2.44. The number of hydrogen-bond donors (Lipinski definition) is 1. The van der Waals surface area contributed by atoms with Crippen LogP contribution in [0.5, 0.6) is 0 Å². The predicted octanol–water partition coefficient (Wildman–Crippen LogP) is 1.56. The molecule has 4 nitrogen and oxygen atoms in total. The second kappa shape index (κ2) is 6.16. The van der Waals surface area contributed by atoms with E-state index in [9.17, 15) is 4.79 Å². The van der Waals surface area contributed by atoms with Gasteiger partial charge in [-0.3, -0.25) is 9.69 Å². The van der Waals surface area contributed by atoms with Gasteiger partial charge in [0.1, 0.15) is 0 Å². The van der Waals surface area contributed by atoms with Gasteiger partial charge in [-0.2, -0.15) is 0 Å². The summed E-state index contributed by atoms with van der Waals surface area (Å²) < 4.78 is 5.34. The Labute approximate surface area is 126 Å². The minimum absolute atomic E-state index is 0.0690. The number of hydrogen-bond acceptors (Lipinski definition) is 3. The maximum atomic E-state index is 12.4. The Balaban J connectivity index is 1.54. The third-order valence-corrected chi connectivity index (χ3v) is 4.81. The molecule has 2 fully saturated rings. The Morgan fingerprint density at radius 3 is 2.57 bits per heavy atom. The lowest BCUT2D eigenvalue weighted by molar-refractivity contribution is -0.127. The number of nitrogens with zero attached hydrogens (tertiary/aromatic N) is 1. The van der Waals surface area contributed by atoms with Crippen molar-refractivity contribution in [2.24, 2.45) is 0 Å². The molecule has 1 atom stereocenters. The SMILES string of the molecule is CC(C(=O)NCC1(c2ccccc2)CC1)N1CCOCC1. The summed E-state index contributed by atoms with van der Waals surface area (Å²) in [6.45, 7) is 5.89. The van der Waals surface area contributed by atoms with Crippen LogP contribution in [0.2, 0.25) is 0 Å². The van der Waals surface area contributed by atoms with Gasteiger partial charge in [0.05, 0.1) is 19.3 Å². The molecule has 1 aromatic rings.